The monoisotopic (exact) mass is 516 g/mol. The van der Waals surface area contributed by atoms with Crippen LogP contribution >= 0.6 is 0 Å². The Bertz CT molecular complexity index is 1140. The molecule has 0 N–H and O–H groups in total. The van der Waals surface area contributed by atoms with Crippen molar-refractivity contribution < 1.29 is 27.9 Å². The molecular weight excluding hydrogens is 479 g/mol. The highest BCUT2D eigenvalue weighted by Crippen LogP contribution is 2.34. The molecule has 2 amide bonds. The fourth-order valence-corrected chi connectivity index (χ4v) is 5.70. The molecule has 0 spiro atoms. The normalized spacial score (nSPS) is 25.7. The zero-order valence-electron chi connectivity index (χ0n) is 22.1. The van der Waals surface area contributed by atoms with Crippen LogP contribution in [0, 0.1) is 0 Å². The van der Waals surface area contributed by atoms with E-state index in [-0.39, 0.29) is 24.4 Å². The molecule has 0 unspecified atom stereocenters. The summed E-state index contributed by atoms with van der Waals surface area (Å²) in [4.78, 5) is 36.6. The molecule has 5 rings (SSSR count). The molecule has 3 atom stereocenters. The van der Waals surface area contributed by atoms with Crippen LogP contribution in [0.25, 0.3) is 11.1 Å². The maximum absolute atomic E-state index is 13.8. The highest BCUT2D eigenvalue weighted by atomic mass is 19.1. The molecule has 3 aliphatic heterocycles. The summed E-state index contributed by atoms with van der Waals surface area (Å²) in [5, 5.41) is 0. The van der Waals surface area contributed by atoms with E-state index < -0.39 is 23.9 Å². The smallest absolute Gasteiger partial charge is 0.411 e. The van der Waals surface area contributed by atoms with Crippen LogP contribution in [0.1, 0.15) is 58.3 Å². The Morgan fingerprint density at radius 1 is 1.11 bits per heavy atom. The number of oxazole rings is 1. The van der Waals surface area contributed by atoms with E-state index >= 15 is 0 Å². The SMILES string of the molecule is COc1ccc2oc(C3CCN([C@H]4C[C@@H](C(=O)N5CC[C@H](F)C5)N(C(=O)OC(C)(C)C)C4)CC3)nc2c1. The topological polar surface area (TPSA) is 88.4 Å². The van der Waals surface area contributed by atoms with Crippen LogP contribution < -0.4 is 4.74 Å². The van der Waals surface area contributed by atoms with Crippen LogP contribution in [-0.2, 0) is 9.53 Å². The number of ether oxygens (including phenoxy) is 2. The van der Waals surface area contributed by atoms with Crippen LogP contribution in [0.4, 0.5) is 9.18 Å². The van der Waals surface area contributed by atoms with Gasteiger partial charge < -0.3 is 18.8 Å². The Morgan fingerprint density at radius 3 is 2.51 bits per heavy atom. The third kappa shape index (κ3) is 5.54. The fourth-order valence-electron chi connectivity index (χ4n) is 5.70. The standard InChI is InChI=1S/C27H37FN4O5/c1-27(2,3)37-26(34)32-16-19(13-22(32)25(33)31-12-9-18(28)15-31)30-10-7-17(8-11-30)24-29-21-14-20(35-4)5-6-23(21)36-24/h5-6,14,17-19,22H,7-13,15-16H2,1-4H3/t18-,19-,22-/m0/s1. The number of nitrogens with zero attached hydrogens (tertiary/aromatic N) is 4. The number of halogens is 1. The van der Waals surface area contributed by atoms with Gasteiger partial charge in [0.2, 0.25) is 5.91 Å². The zero-order chi connectivity index (χ0) is 26.3. The van der Waals surface area contributed by atoms with Crippen molar-refractivity contribution in [2.24, 2.45) is 0 Å². The van der Waals surface area contributed by atoms with Crippen molar-refractivity contribution in [2.75, 3.05) is 39.8 Å². The molecule has 1 aromatic heterocycles. The Balaban J connectivity index is 1.25. The van der Waals surface area contributed by atoms with E-state index in [1.54, 1.807) is 16.9 Å². The van der Waals surface area contributed by atoms with Crippen molar-refractivity contribution in [1.82, 2.24) is 19.7 Å². The Morgan fingerprint density at radius 2 is 1.86 bits per heavy atom. The first-order valence-electron chi connectivity index (χ1n) is 13.2. The average Bonchev–Trinajstić information content (AvgIpc) is 3.60. The third-order valence-corrected chi connectivity index (χ3v) is 7.64. The molecule has 2 aromatic rings. The summed E-state index contributed by atoms with van der Waals surface area (Å²) in [7, 11) is 1.63. The number of hydrogen-bond donors (Lipinski definition) is 0. The lowest BCUT2D eigenvalue weighted by Crippen LogP contribution is -2.48. The van der Waals surface area contributed by atoms with E-state index in [1.165, 1.54) is 0 Å². The van der Waals surface area contributed by atoms with E-state index in [0.29, 0.717) is 25.9 Å². The lowest BCUT2D eigenvalue weighted by Gasteiger charge is -2.35. The average molecular weight is 517 g/mol. The molecule has 1 aromatic carbocycles. The van der Waals surface area contributed by atoms with Gasteiger partial charge in [0, 0.05) is 31.1 Å². The number of rotatable bonds is 4. The summed E-state index contributed by atoms with van der Waals surface area (Å²) in [6, 6.07) is 5.04. The van der Waals surface area contributed by atoms with Crippen molar-refractivity contribution in [1.29, 1.82) is 0 Å². The molecule has 0 aliphatic carbocycles. The fraction of sp³-hybridized carbons (Fsp3) is 0.667. The van der Waals surface area contributed by atoms with Crippen LogP contribution in [0.3, 0.4) is 0 Å². The summed E-state index contributed by atoms with van der Waals surface area (Å²) in [5.41, 5.74) is 0.878. The Kier molecular flexibility index (Phi) is 7.04. The van der Waals surface area contributed by atoms with Crippen molar-refractivity contribution in [2.45, 2.75) is 76.2 Å². The number of aromatic nitrogens is 1. The minimum absolute atomic E-state index is 0.0408. The first-order chi connectivity index (χ1) is 17.6. The van der Waals surface area contributed by atoms with E-state index in [1.807, 2.05) is 39.0 Å². The van der Waals surface area contributed by atoms with Gasteiger partial charge in [-0.25, -0.2) is 14.2 Å². The molecule has 3 aliphatic rings. The number of hydrogen-bond acceptors (Lipinski definition) is 7. The van der Waals surface area contributed by atoms with Crippen molar-refractivity contribution in [3.05, 3.63) is 24.1 Å². The third-order valence-electron chi connectivity index (χ3n) is 7.64. The van der Waals surface area contributed by atoms with Gasteiger partial charge in [-0.05, 0) is 71.7 Å². The van der Waals surface area contributed by atoms with Crippen LogP contribution in [0.2, 0.25) is 0 Å². The summed E-state index contributed by atoms with van der Waals surface area (Å²) in [5.74, 6) is 1.53. The highest BCUT2D eigenvalue weighted by Gasteiger charge is 2.46. The predicted molar refractivity (Wildman–Crippen MR) is 135 cm³/mol. The number of methoxy groups -OCH3 is 1. The number of carbonyl (C=O) groups is 2. The molecule has 4 heterocycles. The second kappa shape index (κ2) is 10.1. The maximum atomic E-state index is 13.8. The molecule has 0 radical (unpaired) electrons. The second-order valence-corrected chi connectivity index (χ2v) is 11.4. The van der Waals surface area contributed by atoms with E-state index in [2.05, 4.69) is 4.90 Å². The molecule has 37 heavy (non-hydrogen) atoms. The van der Waals surface area contributed by atoms with E-state index in [4.69, 9.17) is 18.9 Å². The maximum Gasteiger partial charge on any atom is 0.411 e. The van der Waals surface area contributed by atoms with Crippen molar-refractivity contribution >= 4 is 23.1 Å². The quantitative estimate of drug-likeness (QED) is 0.608. The summed E-state index contributed by atoms with van der Waals surface area (Å²) < 4.78 is 30.8. The van der Waals surface area contributed by atoms with Gasteiger partial charge in [0.25, 0.3) is 0 Å². The number of benzene rings is 1. The van der Waals surface area contributed by atoms with Crippen molar-refractivity contribution in [3.8, 4) is 5.75 Å². The Labute approximate surface area is 216 Å². The lowest BCUT2D eigenvalue weighted by molar-refractivity contribution is -0.135. The number of fused-ring (bicyclic) bond motifs is 1. The van der Waals surface area contributed by atoms with Gasteiger partial charge >= 0.3 is 6.09 Å². The van der Waals surface area contributed by atoms with Gasteiger partial charge in [-0.15, -0.1) is 0 Å². The number of likely N-dealkylation sites (tertiary alicyclic amines) is 3. The molecule has 3 fully saturated rings. The van der Waals surface area contributed by atoms with Gasteiger partial charge in [0.05, 0.1) is 13.7 Å². The van der Waals surface area contributed by atoms with Crippen LogP contribution in [0.5, 0.6) is 5.75 Å². The van der Waals surface area contributed by atoms with E-state index in [9.17, 15) is 14.0 Å². The molecule has 3 saturated heterocycles. The highest BCUT2D eigenvalue weighted by molar-refractivity contribution is 5.87. The van der Waals surface area contributed by atoms with Crippen molar-refractivity contribution in [3.63, 3.8) is 0 Å². The molecular formula is C27H37FN4O5. The molecule has 9 nitrogen and oxygen atoms in total. The summed E-state index contributed by atoms with van der Waals surface area (Å²) in [6.45, 7) is 8.00. The molecule has 10 heteroatoms. The van der Waals surface area contributed by atoms with E-state index in [0.717, 1.165) is 48.7 Å². The van der Waals surface area contributed by atoms with Gasteiger partial charge in [0.15, 0.2) is 11.5 Å². The Hall–Kier alpha value is -2.88. The number of alkyl halides is 1. The van der Waals surface area contributed by atoms with Gasteiger partial charge in [-0.1, -0.05) is 0 Å². The van der Waals surface area contributed by atoms with Gasteiger partial charge in [-0.2, -0.15) is 0 Å². The largest absolute Gasteiger partial charge is 0.497 e. The zero-order valence-corrected chi connectivity index (χ0v) is 22.1. The summed E-state index contributed by atoms with van der Waals surface area (Å²) in [6.07, 6.45) is 1.15. The summed E-state index contributed by atoms with van der Waals surface area (Å²) >= 11 is 0. The first-order valence-corrected chi connectivity index (χ1v) is 13.2. The lowest BCUT2D eigenvalue weighted by atomic mass is 9.95. The van der Waals surface area contributed by atoms with Gasteiger partial charge in [0.1, 0.15) is 29.1 Å². The predicted octanol–water partition coefficient (Wildman–Crippen LogP) is 3.96. The van der Waals surface area contributed by atoms with Gasteiger partial charge in [-0.3, -0.25) is 14.6 Å². The number of amides is 2. The van der Waals surface area contributed by atoms with Crippen LogP contribution in [-0.4, -0.2) is 95.4 Å². The molecule has 0 saturated carbocycles. The first kappa shape index (κ1) is 25.8. The molecule has 202 valence electrons. The molecule has 0 bridgehead atoms. The minimum Gasteiger partial charge on any atom is -0.497 e. The minimum atomic E-state index is -0.997. The number of carbonyl (C=O) groups excluding carboxylic acids is 2. The second-order valence-electron chi connectivity index (χ2n) is 11.4. The van der Waals surface area contributed by atoms with Crippen LogP contribution in [0.15, 0.2) is 22.6 Å². The number of piperidine rings is 1.